The highest BCUT2D eigenvalue weighted by Crippen LogP contribution is 2.41. The minimum atomic E-state index is -0.167. The summed E-state index contributed by atoms with van der Waals surface area (Å²) in [7, 11) is 1.65. The Balaban J connectivity index is 1.22. The van der Waals surface area contributed by atoms with Gasteiger partial charge in [-0.3, -0.25) is 14.6 Å². The molecule has 3 heterocycles. The summed E-state index contributed by atoms with van der Waals surface area (Å²) in [5, 5.41) is 11.8. The number of hydrogen-bond acceptors (Lipinski definition) is 6. The van der Waals surface area contributed by atoms with Gasteiger partial charge in [-0.25, -0.2) is 0 Å². The second-order valence-electron chi connectivity index (χ2n) is 10.2. The van der Waals surface area contributed by atoms with Crippen molar-refractivity contribution in [2.24, 2.45) is 0 Å². The number of piperazine rings is 1. The molecule has 7 heteroatoms. The van der Waals surface area contributed by atoms with Crippen LogP contribution in [-0.2, 0) is 19.6 Å². The molecule has 0 bridgehead atoms. The standard InChI is InChI=1S/C32H33N3O4/c1-3-35-20-23(26-18-24(38-2)9-11-28(26)35)17-30-31(37)25-10-12-29(36)27(32(25)39-30)21-34-15-13-33(14-16-34)19-22-7-5-4-6-8-22/h4-12,17-18,20,36H,3,13-16,19,21H2,1-2H3/b30-17-. The Kier molecular flexibility index (Phi) is 6.85. The van der Waals surface area contributed by atoms with Crippen molar-refractivity contribution in [3.05, 3.63) is 94.9 Å². The number of carbonyl (C=O) groups excluding carboxylic acids is 1. The van der Waals surface area contributed by atoms with E-state index in [0.717, 1.165) is 61.5 Å². The van der Waals surface area contributed by atoms with Crippen molar-refractivity contribution in [1.29, 1.82) is 0 Å². The first-order valence-electron chi connectivity index (χ1n) is 13.5. The predicted molar refractivity (Wildman–Crippen MR) is 152 cm³/mol. The zero-order chi connectivity index (χ0) is 26.9. The van der Waals surface area contributed by atoms with Crippen molar-refractivity contribution in [2.45, 2.75) is 26.6 Å². The number of methoxy groups -OCH3 is 1. The van der Waals surface area contributed by atoms with Crippen LogP contribution in [0, 0.1) is 0 Å². The number of Topliss-reactive ketones (excluding diaryl/α,β-unsaturated/α-hetero) is 1. The van der Waals surface area contributed by atoms with Crippen LogP contribution in [0.2, 0.25) is 0 Å². The number of hydrogen-bond donors (Lipinski definition) is 1. The second kappa shape index (κ2) is 10.6. The predicted octanol–water partition coefficient (Wildman–Crippen LogP) is 5.31. The summed E-state index contributed by atoms with van der Waals surface area (Å²) in [6.45, 7) is 8.01. The van der Waals surface area contributed by atoms with Gasteiger partial charge in [-0.05, 0) is 48.9 Å². The van der Waals surface area contributed by atoms with Gasteiger partial charge < -0.3 is 19.1 Å². The van der Waals surface area contributed by atoms with Gasteiger partial charge in [0.05, 0.1) is 18.2 Å². The molecule has 0 unspecified atom stereocenters. The summed E-state index contributed by atoms with van der Waals surface area (Å²) in [6.07, 6.45) is 3.84. The van der Waals surface area contributed by atoms with E-state index in [1.54, 1.807) is 25.3 Å². The molecule has 0 spiro atoms. The van der Waals surface area contributed by atoms with Crippen LogP contribution in [0.25, 0.3) is 17.0 Å². The molecular formula is C32H33N3O4. The third-order valence-corrected chi connectivity index (χ3v) is 7.76. The Morgan fingerprint density at radius 3 is 2.44 bits per heavy atom. The number of allylic oxidation sites excluding steroid dienone is 1. The fraction of sp³-hybridized carbons (Fsp3) is 0.281. The van der Waals surface area contributed by atoms with E-state index in [9.17, 15) is 9.90 Å². The largest absolute Gasteiger partial charge is 0.507 e. The first kappa shape index (κ1) is 25.2. The van der Waals surface area contributed by atoms with E-state index >= 15 is 0 Å². The molecule has 0 amide bonds. The van der Waals surface area contributed by atoms with Crippen molar-refractivity contribution in [2.75, 3.05) is 33.3 Å². The third-order valence-electron chi connectivity index (χ3n) is 7.76. The molecule has 1 saturated heterocycles. The molecular weight excluding hydrogens is 490 g/mol. The number of rotatable bonds is 7. The molecule has 2 aliphatic rings. The van der Waals surface area contributed by atoms with Crippen molar-refractivity contribution in [1.82, 2.24) is 14.4 Å². The zero-order valence-corrected chi connectivity index (χ0v) is 22.4. The van der Waals surface area contributed by atoms with Crippen LogP contribution in [0.4, 0.5) is 0 Å². The number of ketones is 1. The van der Waals surface area contributed by atoms with Gasteiger partial charge in [-0.15, -0.1) is 0 Å². The summed E-state index contributed by atoms with van der Waals surface area (Å²) < 4.78 is 13.8. The molecule has 200 valence electrons. The van der Waals surface area contributed by atoms with Crippen LogP contribution in [0.3, 0.4) is 0 Å². The number of aromatic nitrogens is 1. The van der Waals surface area contributed by atoms with E-state index in [1.165, 1.54) is 5.56 Å². The Labute approximate surface area is 228 Å². The number of fused-ring (bicyclic) bond motifs is 2. The van der Waals surface area contributed by atoms with Crippen molar-refractivity contribution >= 4 is 22.8 Å². The molecule has 0 saturated carbocycles. The number of aryl methyl sites for hydroxylation is 1. The van der Waals surface area contributed by atoms with E-state index < -0.39 is 0 Å². The smallest absolute Gasteiger partial charge is 0.231 e. The van der Waals surface area contributed by atoms with Crippen molar-refractivity contribution < 1.29 is 19.4 Å². The molecule has 0 radical (unpaired) electrons. The summed E-state index contributed by atoms with van der Waals surface area (Å²) >= 11 is 0. The average molecular weight is 524 g/mol. The molecule has 0 aliphatic carbocycles. The molecule has 1 aromatic heterocycles. The average Bonchev–Trinajstić information content (AvgIpc) is 3.48. The monoisotopic (exact) mass is 523 g/mol. The lowest BCUT2D eigenvalue weighted by molar-refractivity contribution is 0.101. The SMILES string of the molecule is CCn1cc(/C=C2\Oc3c(ccc(O)c3CN3CCN(Cc4ccccc4)CC3)C2=O)c2cc(OC)ccc21. The summed E-state index contributed by atoms with van der Waals surface area (Å²) in [6, 6.07) is 19.7. The number of phenolic OH excluding ortho intramolecular Hbond substituents is 1. The van der Waals surface area contributed by atoms with E-state index in [0.29, 0.717) is 23.4 Å². The highest BCUT2D eigenvalue weighted by molar-refractivity contribution is 6.15. The molecule has 4 aromatic rings. The van der Waals surface area contributed by atoms with E-state index in [4.69, 9.17) is 9.47 Å². The number of benzene rings is 3. The van der Waals surface area contributed by atoms with Crippen LogP contribution in [0.5, 0.6) is 17.2 Å². The minimum absolute atomic E-state index is 0.154. The Morgan fingerprint density at radius 1 is 0.974 bits per heavy atom. The highest BCUT2D eigenvalue weighted by Gasteiger charge is 2.32. The maximum atomic E-state index is 13.4. The summed E-state index contributed by atoms with van der Waals surface area (Å²) in [5.41, 5.74) is 4.43. The highest BCUT2D eigenvalue weighted by atomic mass is 16.5. The van der Waals surface area contributed by atoms with Crippen LogP contribution in [0.1, 0.15) is 34.0 Å². The van der Waals surface area contributed by atoms with Gasteiger partial charge >= 0.3 is 0 Å². The normalized spacial score (nSPS) is 17.1. The quantitative estimate of drug-likeness (QED) is 0.331. The van der Waals surface area contributed by atoms with Gasteiger partial charge in [0.1, 0.15) is 17.2 Å². The van der Waals surface area contributed by atoms with Gasteiger partial charge in [0, 0.05) is 68.5 Å². The zero-order valence-electron chi connectivity index (χ0n) is 22.4. The number of ether oxygens (including phenoxy) is 2. The van der Waals surface area contributed by atoms with Crippen molar-refractivity contribution in [3.8, 4) is 17.2 Å². The molecule has 2 aliphatic heterocycles. The van der Waals surface area contributed by atoms with Gasteiger partial charge in [0.15, 0.2) is 5.76 Å². The summed E-state index contributed by atoms with van der Waals surface area (Å²) in [4.78, 5) is 18.1. The van der Waals surface area contributed by atoms with Gasteiger partial charge in [0.2, 0.25) is 5.78 Å². The summed E-state index contributed by atoms with van der Waals surface area (Å²) in [5.74, 6) is 1.48. The number of phenols is 1. The van der Waals surface area contributed by atoms with Crippen LogP contribution >= 0.6 is 0 Å². The third kappa shape index (κ3) is 4.91. The number of carbonyl (C=O) groups is 1. The van der Waals surface area contributed by atoms with Crippen molar-refractivity contribution in [3.63, 3.8) is 0 Å². The first-order valence-corrected chi connectivity index (χ1v) is 13.5. The molecule has 6 rings (SSSR count). The van der Waals surface area contributed by atoms with Crippen LogP contribution < -0.4 is 9.47 Å². The van der Waals surface area contributed by atoms with E-state index in [-0.39, 0.29) is 17.3 Å². The first-order chi connectivity index (χ1) is 19.0. The minimum Gasteiger partial charge on any atom is -0.507 e. The number of aromatic hydroxyl groups is 1. The lowest BCUT2D eigenvalue weighted by atomic mass is 10.0. The Bertz CT molecular complexity index is 1550. The fourth-order valence-electron chi connectivity index (χ4n) is 5.57. The Morgan fingerprint density at radius 2 is 1.72 bits per heavy atom. The Hall–Kier alpha value is -4.07. The molecule has 39 heavy (non-hydrogen) atoms. The van der Waals surface area contributed by atoms with Gasteiger partial charge in [-0.2, -0.15) is 0 Å². The number of nitrogens with zero attached hydrogens (tertiary/aromatic N) is 3. The lowest BCUT2D eigenvalue weighted by Crippen LogP contribution is -2.45. The molecule has 7 nitrogen and oxygen atoms in total. The van der Waals surface area contributed by atoms with Crippen LogP contribution in [-0.4, -0.2) is 58.5 Å². The lowest BCUT2D eigenvalue weighted by Gasteiger charge is -2.35. The molecule has 1 fully saturated rings. The second-order valence-corrected chi connectivity index (χ2v) is 10.2. The van der Waals surface area contributed by atoms with Gasteiger partial charge in [-0.1, -0.05) is 30.3 Å². The molecule has 1 N–H and O–H groups in total. The van der Waals surface area contributed by atoms with Gasteiger partial charge in [0.25, 0.3) is 0 Å². The topological polar surface area (TPSA) is 67.2 Å². The fourth-order valence-corrected chi connectivity index (χ4v) is 5.57. The maximum Gasteiger partial charge on any atom is 0.231 e. The molecule has 0 atom stereocenters. The van der Waals surface area contributed by atoms with E-state index in [1.807, 2.05) is 30.5 Å². The van der Waals surface area contributed by atoms with E-state index in [2.05, 4.69) is 45.6 Å². The van der Waals surface area contributed by atoms with Crippen LogP contribution in [0.15, 0.2) is 72.6 Å². The maximum absolute atomic E-state index is 13.4. The molecule has 3 aromatic carbocycles.